The van der Waals surface area contributed by atoms with Gasteiger partial charge in [0.15, 0.2) is 6.61 Å². The van der Waals surface area contributed by atoms with Crippen molar-refractivity contribution in [2.75, 3.05) is 13.2 Å². The molecule has 0 unspecified atom stereocenters. The van der Waals surface area contributed by atoms with Crippen molar-refractivity contribution < 1.29 is 23.5 Å². The van der Waals surface area contributed by atoms with Gasteiger partial charge < -0.3 is 18.7 Å². The van der Waals surface area contributed by atoms with Gasteiger partial charge in [-0.3, -0.25) is 0 Å². The summed E-state index contributed by atoms with van der Waals surface area (Å²) in [4.78, 5) is 16.2. The van der Waals surface area contributed by atoms with E-state index in [0.29, 0.717) is 28.9 Å². The highest BCUT2D eigenvalue weighted by molar-refractivity contribution is 5.89. The van der Waals surface area contributed by atoms with E-state index in [1.807, 2.05) is 12.1 Å². The molecule has 158 valence electrons. The highest BCUT2D eigenvalue weighted by atomic mass is 16.6. The first-order valence-electron chi connectivity index (χ1n) is 9.85. The van der Waals surface area contributed by atoms with Crippen LogP contribution in [0.3, 0.4) is 0 Å². The SMILES string of the molecule is Cc1nc(COc2ccc(C(=O)OCCOc3ccc(C(C)C)c(C)c3)cc2)no1. The largest absolute Gasteiger partial charge is 0.490 e. The number of aryl methyl sites for hydroxylation is 2. The smallest absolute Gasteiger partial charge is 0.338 e. The second kappa shape index (κ2) is 9.91. The molecule has 1 aromatic heterocycles. The number of rotatable bonds is 9. The molecule has 0 bridgehead atoms. The molecule has 0 radical (unpaired) electrons. The van der Waals surface area contributed by atoms with Crippen molar-refractivity contribution in [1.82, 2.24) is 10.1 Å². The third-order valence-electron chi connectivity index (χ3n) is 4.48. The maximum Gasteiger partial charge on any atom is 0.338 e. The summed E-state index contributed by atoms with van der Waals surface area (Å²) in [6.07, 6.45) is 0. The Kier molecular flexibility index (Phi) is 7.06. The minimum atomic E-state index is -0.412. The van der Waals surface area contributed by atoms with Crippen LogP contribution in [0, 0.1) is 13.8 Å². The number of carbonyl (C=O) groups excluding carboxylic acids is 1. The Morgan fingerprint density at radius 3 is 2.37 bits per heavy atom. The average molecular weight is 410 g/mol. The second-order valence-corrected chi connectivity index (χ2v) is 7.20. The van der Waals surface area contributed by atoms with Gasteiger partial charge in [-0.25, -0.2) is 4.79 Å². The summed E-state index contributed by atoms with van der Waals surface area (Å²) < 4.78 is 21.4. The molecule has 0 saturated carbocycles. The van der Waals surface area contributed by atoms with E-state index in [9.17, 15) is 4.79 Å². The van der Waals surface area contributed by atoms with Gasteiger partial charge >= 0.3 is 5.97 Å². The molecule has 0 amide bonds. The topological polar surface area (TPSA) is 83.7 Å². The predicted octanol–water partition coefficient (Wildman–Crippen LogP) is 4.62. The van der Waals surface area contributed by atoms with Crippen LogP contribution in [-0.2, 0) is 11.3 Å². The first kappa shape index (κ1) is 21.4. The summed E-state index contributed by atoms with van der Waals surface area (Å²) in [6, 6.07) is 12.7. The minimum absolute atomic E-state index is 0.166. The second-order valence-electron chi connectivity index (χ2n) is 7.20. The van der Waals surface area contributed by atoms with Crippen LogP contribution in [0.15, 0.2) is 47.0 Å². The van der Waals surface area contributed by atoms with Crippen molar-refractivity contribution in [2.24, 2.45) is 0 Å². The van der Waals surface area contributed by atoms with Crippen molar-refractivity contribution in [3.8, 4) is 11.5 Å². The molecular weight excluding hydrogens is 384 g/mol. The molecule has 0 N–H and O–H groups in total. The number of hydrogen-bond donors (Lipinski definition) is 0. The van der Waals surface area contributed by atoms with E-state index in [4.69, 9.17) is 18.7 Å². The van der Waals surface area contributed by atoms with E-state index in [1.165, 1.54) is 11.1 Å². The fourth-order valence-corrected chi connectivity index (χ4v) is 3.00. The van der Waals surface area contributed by atoms with E-state index in [2.05, 4.69) is 37.0 Å². The number of nitrogens with zero attached hydrogens (tertiary/aromatic N) is 2. The van der Waals surface area contributed by atoms with Gasteiger partial charge in [0.1, 0.15) is 24.7 Å². The lowest BCUT2D eigenvalue weighted by molar-refractivity contribution is 0.0450. The van der Waals surface area contributed by atoms with Gasteiger partial charge in [0.25, 0.3) is 0 Å². The van der Waals surface area contributed by atoms with E-state index in [1.54, 1.807) is 31.2 Å². The Bertz CT molecular complexity index is 980. The Morgan fingerprint density at radius 2 is 1.73 bits per heavy atom. The zero-order valence-corrected chi connectivity index (χ0v) is 17.7. The number of ether oxygens (including phenoxy) is 3. The van der Waals surface area contributed by atoms with Gasteiger partial charge in [0.2, 0.25) is 11.7 Å². The highest BCUT2D eigenvalue weighted by Gasteiger charge is 2.09. The molecule has 7 heteroatoms. The monoisotopic (exact) mass is 410 g/mol. The lowest BCUT2D eigenvalue weighted by Gasteiger charge is -2.12. The number of hydrogen-bond acceptors (Lipinski definition) is 7. The van der Waals surface area contributed by atoms with Crippen LogP contribution in [0.4, 0.5) is 0 Å². The molecule has 1 heterocycles. The molecule has 7 nitrogen and oxygen atoms in total. The summed E-state index contributed by atoms with van der Waals surface area (Å²) in [6.45, 7) is 8.75. The molecule has 0 aliphatic carbocycles. The summed E-state index contributed by atoms with van der Waals surface area (Å²) in [5.74, 6) is 2.37. The summed E-state index contributed by atoms with van der Waals surface area (Å²) >= 11 is 0. The Balaban J connectivity index is 1.42. The Labute approximate surface area is 176 Å². The van der Waals surface area contributed by atoms with Gasteiger partial charge in [-0.1, -0.05) is 25.1 Å². The van der Waals surface area contributed by atoms with Crippen LogP contribution in [0.25, 0.3) is 0 Å². The number of aromatic nitrogens is 2. The molecule has 3 aromatic rings. The molecule has 0 saturated heterocycles. The van der Waals surface area contributed by atoms with Crippen LogP contribution >= 0.6 is 0 Å². The first-order valence-corrected chi connectivity index (χ1v) is 9.85. The summed E-state index contributed by atoms with van der Waals surface area (Å²) in [5, 5.41) is 3.76. The van der Waals surface area contributed by atoms with E-state index in [0.717, 1.165) is 5.75 Å². The third kappa shape index (κ3) is 5.83. The van der Waals surface area contributed by atoms with Crippen LogP contribution in [0.5, 0.6) is 11.5 Å². The zero-order chi connectivity index (χ0) is 21.5. The molecule has 0 spiro atoms. The average Bonchev–Trinajstić information content (AvgIpc) is 3.15. The third-order valence-corrected chi connectivity index (χ3v) is 4.48. The first-order chi connectivity index (χ1) is 14.4. The van der Waals surface area contributed by atoms with Crippen LogP contribution in [-0.4, -0.2) is 29.3 Å². The lowest BCUT2D eigenvalue weighted by atomic mass is 9.98. The number of esters is 1. The maximum absolute atomic E-state index is 12.2. The standard InChI is InChI=1S/C23H26N2O5/c1-15(2)21-10-9-20(13-16(21)3)27-11-12-28-23(26)18-5-7-19(8-6-18)29-14-22-24-17(4)30-25-22/h5-10,13,15H,11-12,14H2,1-4H3. The van der Waals surface area contributed by atoms with Crippen molar-refractivity contribution in [1.29, 1.82) is 0 Å². The molecule has 30 heavy (non-hydrogen) atoms. The fourth-order valence-electron chi connectivity index (χ4n) is 3.00. The maximum atomic E-state index is 12.2. The lowest BCUT2D eigenvalue weighted by Crippen LogP contribution is -2.12. The molecular formula is C23H26N2O5. The van der Waals surface area contributed by atoms with Gasteiger partial charge in [-0.2, -0.15) is 4.98 Å². The molecule has 0 fully saturated rings. The van der Waals surface area contributed by atoms with Crippen LogP contribution in [0.2, 0.25) is 0 Å². The Morgan fingerprint density at radius 1 is 1.00 bits per heavy atom. The Hall–Kier alpha value is -3.35. The number of carbonyl (C=O) groups is 1. The van der Waals surface area contributed by atoms with Gasteiger partial charge in [0.05, 0.1) is 5.56 Å². The molecule has 0 atom stereocenters. The van der Waals surface area contributed by atoms with Gasteiger partial charge in [-0.15, -0.1) is 0 Å². The summed E-state index contributed by atoms with van der Waals surface area (Å²) in [7, 11) is 0. The quantitative estimate of drug-likeness (QED) is 0.376. The van der Waals surface area contributed by atoms with E-state index >= 15 is 0 Å². The van der Waals surface area contributed by atoms with Crippen molar-refractivity contribution >= 4 is 5.97 Å². The van der Waals surface area contributed by atoms with Crippen molar-refractivity contribution in [2.45, 2.75) is 40.2 Å². The normalized spacial score (nSPS) is 10.8. The van der Waals surface area contributed by atoms with Crippen molar-refractivity contribution in [3.63, 3.8) is 0 Å². The number of benzene rings is 2. The van der Waals surface area contributed by atoms with Crippen molar-refractivity contribution in [3.05, 3.63) is 70.9 Å². The zero-order valence-electron chi connectivity index (χ0n) is 17.7. The highest BCUT2D eigenvalue weighted by Crippen LogP contribution is 2.23. The van der Waals surface area contributed by atoms with E-state index < -0.39 is 5.97 Å². The van der Waals surface area contributed by atoms with Gasteiger partial charge in [0, 0.05) is 6.92 Å². The molecule has 0 aliphatic rings. The van der Waals surface area contributed by atoms with Gasteiger partial charge in [-0.05, 0) is 60.4 Å². The minimum Gasteiger partial charge on any atom is -0.490 e. The fraction of sp³-hybridized carbons (Fsp3) is 0.348. The molecule has 2 aromatic carbocycles. The summed E-state index contributed by atoms with van der Waals surface area (Å²) in [5.41, 5.74) is 2.93. The van der Waals surface area contributed by atoms with Crippen LogP contribution < -0.4 is 9.47 Å². The van der Waals surface area contributed by atoms with E-state index in [-0.39, 0.29) is 19.8 Å². The van der Waals surface area contributed by atoms with Crippen LogP contribution in [0.1, 0.15) is 53.0 Å². The molecule has 0 aliphatic heterocycles. The molecule has 3 rings (SSSR count). The predicted molar refractivity (Wildman–Crippen MR) is 111 cm³/mol.